The third-order valence-corrected chi connectivity index (χ3v) is 13.4. The molecule has 67 heavy (non-hydrogen) atoms. The molecule has 13 N–H and O–H groups in total. The van der Waals surface area contributed by atoms with Crippen molar-refractivity contribution in [1.29, 1.82) is 0 Å². The molecule has 368 valence electrons. The number of aliphatic imine (C=N–C) groups is 1. The normalized spacial score (nSPS) is 23.2. The third kappa shape index (κ3) is 17.5. The number of rotatable bonds is 16. The summed E-state index contributed by atoms with van der Waals surface area (Å²) in [7, 11) is 0. The van der Waals surface area contributed by atoms with Crippen LogP contribution in [-0.4, -0.2) is 137 Å². The highest BCUT2D eigenvalue weighted by molar-refractivity contribution is 7.99. The van der Waals surface area contributed by atoms with Crippen LogP contribution < -0.4 is 49.1 Å². The van der Waals surface area contributed by atoms with Crippen molar-refractivity contribution in [2.45, 2.75) is 127 Å². The number of hydrogen-bond donors (Lipinski definition) is 10. The van der Waals surface area contributed by atoms with Gasteiger partial charge in [0, 0.05) is 43.0 Å². The number of nitrogens with one attached hydrogen (secondary N) is 6. The zero-order valence-electron chi connectivity index (χ0n) is 38.4. The lowest BCUT2D eigenvalue weighted by atomic mass is 10.0. The molecule has 0 saturated carbocycles. The Morgan fingerprint density at radius 2 is 1.52 bits per heavy atom. The summed E-state index contributed by atoms with van der Waals surface area (Å²) in [4.78, 5) is 116. The first-order valence-electron chi connectivity index (χ1n) is 22.7. The number of benzene rings is 1. The number of carbonyl (C=O) groups is 8. The summed E-state index contributed by atoms with van der Waals surface area (Å²) in [6.45, 7) is 5.47. The van der Waals surface area contributed by atoms with Crippen molar-refractivity contribution in [3.63, 3.8) is 0 Å². The van der Waals surface area contributed by atoms with Gasteiger partial charge in [-0.3, -0.25) is 43.3 Å². The number of guanidine groups is 1. The number of likely N-dealkylation sites (tertiary alicyclic amines) is 1. The zero-order chi connectivity index (χ0) is 49.0. The number of thiophene rings is 1. The van der Waals surface area contributed by atoms with E-state index in [0.717, 1.165) is 22.4 Å². The van der Waals surface area contributed by atoms with Crippen molar-refractivity contribution >= 4 is 76.3 Å². The molecule has 0 unspecified atom stereocenters. The fourth-order valence-electron chi connectivity index (χ4n) is 7.75. The molecule has 20 nitrogen and oxygen atoms in total. The maximum Gasteiger partial charge on any atom is 0.245 e. The average Bonchev–Trinajstić information content (AvgIpc) is 4.00. The number of nitrogens with two attached hydrogens (primary N) is 3. The highest BCUT2D eigenvalue weighted by Crippen LogP contribution is 2.21. The fourth-order valence-corrected chi connectivity index (χ4v) is 9.44. The van der Waals surface area contributed by atoms with Crippen molar-refractivity contribution in [3.05, 3.63) is 57.8 Å². The van der Waals surface area contributed by atoms with E-state index >= 15 is 0 Å². The summed E-state index contributed by atoms with van der Waals surface area (Å²) in [5, 5.41) is 28.3. The second-order valence-corrected chi connectivity index (χ2v) is 19.3. The van der Waals surface area contributed by atoms with E-state index in [1.807, 2.05) is 36.6 Å². The standard InChI is InChI=1S/C45H67N11O9S2/c1-4-27-11-13-28(14-12-27)22-32-39(60)53-33(23-30-9-7-19-67-30)41(62)55-38(26(2)3)43(64)54-34(24-36(46)58)40(61)52-31(15-20-66-21-16-37(59)51-32)44(65)56-18-6-10-35(56)42(63)50-29(25-57)8-5-17-49-45(47)48/h7,9,11-14,19,26,29,31-35,38,57H,4-6,8,10,15-18,20-25H2,1-3H3,(H2,46,58)(H,50,63)(H,51,59)(H,52,61)(H,53,60)(H,54,64)(H,55,62)(H4,47,48,49)/t29-,31+,32+,33+,34+,35+,38+/m1/s1. The Hall–Kier alpha value is -5.74. The first kappa shape index (κ1) is 53.9. The Kier molecular flexibility index (Phi) is 21.8. The number of primary amides is 1. The van der Waals surface area contributed by atoms with E-state index in [1.165, 1.54) is 28.0 Å². The van der Waals surface area contributed by atoms with E-state index < -0.39 is 102 Å². The van der Waals surface area contributed by atoms with Gasteiger partial charge in [0.05, 0.1) is 19.1 Å². The Morgan fingerprint density at radius 1 is 0.851 bits per heavy atom. The predicted octanol–water partition coefficient (Wildman–Crippen LogP) is -0.900. The Morgan fingerprint density at radius 3 is 2.16 bits per heavy atom. The van der Waals surface area contributed by atoms with Gasteiger partial charge in [0.2, 0.25) is 47.3 Å². The van der Waals surface area contributed by atoms with Crippen LogP contribution in [0.4, 0.5) is 0 Å². The molecule has 0 bridgehead atoms. The van der Waals surface area contributed by atoms with Gasteiger partial charge in [-0.15, -0.1) is 11.3 Å². The van der Waals surface area contributed by atoms with Gasteiger partial charge in [-0.25, -0.2) is 0 Å². The highest BCUT2D eigenvalue weighted by Gasteiger charge is 2.40. The summed E-state index contributed by atoms with van der Waals surface area (Å²) in [6, 6.07) is 3.33. The molecular weight excluding hydrogens is 903 g/mol. The fraction of sp³-hybridized carbons (Fsp3) is 0.578. The molecule has 22 heteroatoms. The van der Waals surface area contributed by atoms with Gasteiger partial charge in [0.15, 0.2) is 5.96 Å². The number of thioether (sulfide) groups is 1. The Bertz CT molecular complexity index is 2030. The van der Waals surface area contributed by atoms with Crippen LogP contribution in [0.25, 0.3) is 0 Å². The van der Waals surface area contributed by atoms with Gasteiger partial charge < -0.3 is 59.1 Å². The molecule has 1 aromatic carbocycles. The average molecular weight is 970 g/mol. The molecule has 0 spiro atoms. The monoisotopic (exact) mass is 969 g/mol. The van der Waals surface area contributed by atoms with Crippen molar-refractivity contribution in [3.8, 4) is 0 Å². The number of aryl methyl sites for hydroxylation is 1. The van der Waals surface area contributed by atoms with Crippen LogP contribution in [-0.2, 0) is 57.6 Å². The molecule has 2 aliphatic heterocycles. The summed E-state index contributed by atoms with van der Waals surface area (Å²) in [5.74, 6) is -5.62. The van der Waals surface area contributed by atoms with Crippen LogP contribution >= 0.6 is 23.1 Å². The van der Waals surface area contributed by atoms with Gasteiger partial charge in [-0.1, -0.05) is 51.1 Å². The van der Waals surface area contributed by atoms with Crippen LogP contribution in [0.15, 0.2) is 46.8 Å². The molecule has 1 aromatic heterocycles. The molecule has 4 rings (SSSR count). The van der Waals surface area contributed by atoms with E-state index in [-0.39, 0.29) is 56.3 Å². The van der Waals surface area contributed by atoms with E-state index in [9.17, 15) is 43.5 Å². The van der Waals surface area contributed by atoms with Gasteiger partial charge in [0.25, 0.3) is 0 Å². The first-order valence-corrected chi connectivity index (χ1v) is 24.8. The number of aliphatic hydroxyl groups is 1. The van der Waals surface area contributed by atoms with E-state index in [1.54, 1.807) is 26.0 Å². The number of carbonyl (C=O) groups excluding carboxylic acids is 8. The van der Waals surface area contributed by atoms with Gasteiger partial charge in [0.1, 0.15) is 36.3 Å². The van der Waals surface area contributed by atoms with Gasteiger partial charge >= 0.3 is 0 Å². The second-order valence-electron chi connectivity index (χ2n) is 17.0. The molecule has 7 atom stereocenters. The molecule has 2 aliphatic rings. The lowest BCUT2D eigenvalue weighted by Gasteiger charge is -2.31. The molecule has 3 heterocycles. The quantitative estimate of drug-likeness (QED) is 0.0556. The topological polar surface area (TPSA) is 323 Å². The maximum atomic E-state index is 14.4. The smallest absolute Gasteiger partial charge is 0.245 e. The summed E-state index contributed by atoms with van der Waals surface area (Å²) in [6.07, 6.45) is 1.98. The summed E-state index contributed by atoms with van der Waals surface area (Å²) >= 11 is 2.69. The Balaban J connectivity index is 1.64. The molecule has 2 aromatic rings. The molecule has 2 fully saturated rings. The SMILES string of the molecule is CCc1ccc(C[C@@H]2NC(=O)CCSCC[C@@H](C(=O)N3CCC[C@H]3C(=O)N[C@@H](CO)CCCN=C(N)N)NC(=O)[C@H](CC(N)=O)NC(=O)[C@H](C(C)C)NC(=O)[C@H](Cc3cccs3)NC2=O)cc1. The van der Waals surface area contributed by atoms with E-state index in [2.05, 4.69) is 36.9 Å². The van der Waals surface area contributed by atoms with Crippen molar-refractivity contribution in [2.24, 2.45) is 28.1 Å². The van der Waals surface area contributed by atoms with E-state index in [4.69, 9.17) is 17.2 Å². The number of hydrogen-bond acceptors (Lipinski definition) is 12. The highest BCUT2D eigenvalue weighted by atomic mass is 32.2. The molecule has 8 amide bonds. The van der Waals surface area contributed by atoms with Crippen LogP contribution in [0.3, 0.4) is 0 Å². The lowest BCUT2D eigenvalue weighted by Crippen LogP contribution is -2.61. The van der Waals surface area contributed by atoms with Crippen LogP contribution in [0.2, 0.25) is 0 Å². The minimum Gasteiger partial charge on any atom is -0.394 e. The third-order valence-electron chi connectivity index (χ3n) is 11.5. The second kappa shape index (κ2) is 27.2. The van der Waals surface area contributed by atoms with Crippen LogP contribution in [0.5, 0.6) is 0 Å². The van der Waals surface area contributed by atoms with Crippen LogP contribution in [0, 0.1) is 5.92 Å². The largest absolute Gasteiger partial charge is 0.394 e. The van der Waals surface area contributed by atoms with Crippen molar-refractivity contribution < 1.29 is 43.5 Å². The van der Waals surface area contributed by atoms with Crippen molar-refractivity contribution in [2.75, 3.05) is 31.2 Å². The van der Waals surface area contributed by atoms with Gasteiger partial charge in [-0.2, -0.15) is 11.8 Å². The molecule has 2 saturated heterocycles. The van der Waals surface area contributed by atoms with Crippen molar-refractivity contribution in [1.82, 2.24) is 36.8 Å². The minimum absolute atomic E-state index is 0.0115. The van der Waals surface area contributed by atoms with Gasteiger partial charge in [-0.05, 0) is 72.8 Å². The Labute approximate surface area is 399 Å². The summed E-state index contributed by atoms with van der Waals surface area (Å²) in [5.41, 5.74) is 18.2. The molecule has 0 aliphatic carbocycles. The lowest BCUT2D eigenvalue weighted by molar-refractivity contribution is -0.142. The molecule has 0 radical (unpaired) electrons. The van der Waals surface area contributed by atoms with Crippen LogP contribution in [0.1, 0.15) is 81.7 Å². The minimum atomic E-state index is -1.57. The number of amides is 8. The number of nitrogens with zero attached hydrogens (tertiary/aromatic N) is 2. The summed E-state index contributed by atoms with van der Waals surface area (Å²) < 4.78 is 0. The maximum absolute atomic E-state index is 14.4. The number of aliphatic hydroxyl groups excluding tert-OH is 1. The van der Waals surface area contributed by atoms with E-state index in [0.29, 0.717) is 32.2 Å². The zero-order valence-corrected chi connectivity index (χ0v) is 40.1. The first-order chi connectivity index (χ1) is 32.0. The molecular formula is C45H67N11O9S2. The predicted molar refractivity (Wildman–Crippen MR) is 256 cm³/mol.